The summed E-state index contributed by atoms with van der Waals surface area (Å²) < 4.78 is 10.7. The Kier molecular flexibility index (Phi) is 6.31. The van der Waals surface area contributed by atoms with Crippen molar-refractivity contribution in [2.45, 2.75) is 0 Å². The first-order valence-electron chi connectivity index (χ1n) is 8.71. The Labute approximate surface area is 164 Å². The van der Waals surface area contributed by atoms with Crippen LogP contribution in [0.25, 0.3) is 0 Å². The lowest BCUT2D eigenvalue weighted by Crippen LogP contribution is -2.15. The quantitative estimate of drug-likeness (QED) is 0.351. The van der Waals surface area contributed by atoms with E-state index < -0.39 is 0 Å². The van der Waals surface area contributed by atoms with E-state index >= 15 is 0 Å². The fourth-order valence-electron chi connectivity index (χ4n) is 2.72. The highest BCUT2D eigenvalue weighted by atomic mass is 16.5. The average molecular weight is 372 g/mol. The van der Waals surface area contributed by atoms with Crippen LogP contribution in [0, 0.1) is 0 Å². The van der Waals surface area contributed by atoms with E-state index in [1.165, 1.54) is 0 Å². The lowest BCUT2D eigenvalue weighted by Gasteiger charge is -2.09. The predicted molar refractivity (Wildman–Crippen MR) is 111 cm³/mol. The third-order valence-corrected chi connectivity index (χ3v) is 4.09. The molecule has 0 saturated carbocycles. The number of hydrogen-bond donors (Lipinski definition) is 0. The van der Waals surface area contributed by atoms with Crippen molar-refractivity contribution >= 4 is 17.7 Å². The SMILES string of the molecule is COc1cccc(C=NN=C(C(=O)c2ccccc2)c2ccccc2)c1OC. The van der Waals surface area contributed by atoms with Crippen molar-refractivity contribution in [3.63, 3.8) is 0 Å². The third kappa shape index (κ3) is 4.32. The molecule has 3 aromatic carbocycles. The number of ketones is 1. The Morgan fingerprint density at radius 3 is 2.04 bits per heavy atom. The van der Waals surface area contributed by atoms with E-state index in [1.807, 2.05) is 60.7 Å². The van der Waals surface area contributed by atoms with Crippen molar-refractivity contribution < 1.29 is 14.3 Å². The number of carbonyl (C=O) groups is 1. The van der Waals surface area contributed by atoms with Gasteiger partial charge < -0.3 is 9.47 Å². The van der Waals surface area contributed by atoms with Gasteiger partial charge in [-0.05, 0) is 12.1 Å². The van der Waals surface area contributed by atoms with Gasteiger partial charge in [-0.15, -0.1) is 5.10 Å². The molecule has 5 heteroatoms. The Bertz CT molecular complexity index is 997. The van der Waals surface area contributed by atoms with Crippen LogP contribution < -0.4 is 9.47 Å². The number of Topliss-reactive ketones (excluding diaryl/α,β-unsaturated/α-hetero) is 1. The van der Waals surface area contributed by atoms with Crippen LogP contribution in [0.1, 0.15) is 21.5 Å². The summed E-state index contributed by atoms with van der Waals surface area (Å²) in [5.41, 5.74) is 2.22. The van der Waals surface area contributed by atoms with Crippen LogP contribution in [0.2, 0.25) is 0 Å². The van der Waals surface area contributed by atoms with Crippen molar-refractivity contribution in [2.24, 2.45) is 10.2 Å². The van der Waals surface area contributed by atoms with Gasteiger partial charge in [0.1, 0.15) is 5.71 Å². The molecule has 0 fully saturated rings. The molecule has 0 atom stereocenters. The van der Waals surface area contributed by atoms with Gasteiger partial charge in [0.05, 0.1) is 20.4 Å². The standard InChI is InChI=1S/C23H20N2O3/c1-27-20-15-9-14-19(23(20)28-2)16-24-25-21(17-10-5-3-6-11-17)22(26)18-12-7-4-8-13-18/h3-16H,1-2H3. The van der Waals surface area contributed by atoms with Crippen LogP contribution in [0.15, 0.2) is 89.1 Å². The lowest BCUT2D eigenvalue weighted by molar-refractivity contribution is 0.106. The van der Waals surface area contributed by atoms with Crippen molar-refractivity contribution in [3.8, 4) is 11.5 Å². The van der Waals surface area contributed by atoms with Gasteiger partial charge >= 0.3 is 0 Å². The molecular formula is C23H20N2O3. The molecule has 0 aromatic heterocycles. The van der Waals surface area contributed by atoms with E-state index in [9.17, 15) is 4.79 Å². The largest absolute Gasteiger partial charge is 0.493 e. The van der Waals surface area contributed by atoms with Crippen LogP contribution in [0.4, 0.5) is 0 Å². The summed E-state index contributed by atoms with van der Waals surface area (Å²) in [6.07, 6.45) is 1.54. The van der Waals surface area contributed by atoms with Crippen LogP contribution in [-0.4, -0.2) is 31.9 Å². The molecule has 140 valence electrons. The Hall–Kier alpha value is -3.73. The predicted octanol–water partition coefficient (Wildman–Crippen LogP) is 4.41. The molecule has 0 heterocycles. The van der Waals surface area contributed by atoms with Gasteiger partial charge in [-0.2, -0.15) is 5.10 Å². The van der Waals surface area contributed by atoms with E-state index in [2.05, 4.69) is 10.2 Å². The van der Waals surface area contributed by atoms with Crippen molar-refractivity contribution in [1.29, 1.82) is 0 Å². The maximum Gasteiger partial charge on any atom is 0.213 e. The Morgan fingerprint density at radius 2 is 1.43 bits per heavy atom. The van der Waals surface area contributed by atoms with Gasteiger partial charge in [-0.1, -0.05) is 66.7 Å². The summed E-state index contributed by atoms with van der Waals surface area (Å²) in [7, 11) is 3.13. The van der Waals surface area contributed by atoms with Gasteiger partial charge in [0, 0.05) is 16.7 Å². The van der Waals surface area contributed by atoms with Gasteiger partial charge in [0.2, 0.25) is 5.78 Å². The lowest BCUT2D eigenvalue weighted by atomic mass is 10.0. The van der Waals surface area contributed by atoms with Crippen molar-refractivity contribution in [2.75, 3.05) is 14.2 Å². The molecule has 0 aliphatic heterocycles. The first kappa shape index (κ1) is 19.0. The highest BCUT2D eigenvalue weighted by Gasteiger charge is 2.16. The molecule has 0 bridgehead atoms. The average Bonchev–Trinajstić information content (AvgIpc) is 2.77. The Balaban J connectivity index is 1.99. The van der Waals surface area contributed by atoms with E-state index in [4.69, 9.17) is 9.47 Å². The minimum Gasteiger partial charge on any atom is -0.493 e. The van der Waals surface area contributed by atoms with Crippen LogP contribution in [0.3, 0.4) is 0 Å². The fraction of sp³-hybridized carbons (Fsp3) is 0.0870. The molecule has 3 rings (SSSR count). The molecule has 0 saturated heterocycles. The summed E-state index contributed by atoms with van der Waals surface area (Å²) >= 11 is 0. The minimum atomic E-state index is -0.193. The second kappa shape index (κ2) is 9.28. The molecule has 0 spiro atoms. The maximum atomic E-state index is 13.0. The molecule has 0 aliphatic carbocycles. The number of methoxy groups -OCH3 is 2. The van der Waals surface area contributed by atoms with Gasteiger partial charge in [-0.3, -0.25) is 4.79 Å². The topological polar surface area (TPSA) is 60.2 Å². The molecule has 5 nitrogen and oxygen atoms in total. The van der Waals surface area contributed by atoms with Crippen LogP contribution >= 0.6 is 0 Å². The zero-order valence-corrected chi connectivity index (χ0v) is 15.7. The number of benzene rings is 3. The molecule has 0 amide bonds. The summed E-state index contributed by atoms with van der Waals surface area (Å²) in [6, 6.07) is 23.8. The van der Waals surface area contributed by atoms with Crippen molar-refractivity contribution in [3.05, 3.63) is 95.6 Å². The smallest absolute Gasteiger partial charge is 0.213 e. The van der Waals surface area contributed by atoms with Crippen molar-refractivity contribution in [1.82, 2.24) is 0 Å². The first-order chi connectivity index (χ1) is 13.7. The van der Waals surface area contributed by atoms with E-state index in [1.54, 1.807) is 38.6 Å². The second-order valence-electron chi connectivity index (χ2n) is 5.84. The summed E-state index contributed by atoms with van der Waals surface area (Å²) in [5, 5.41) is 8.39. The van der Waals surface area contributed by atoms with E-state index in [0.29, 0.717) is 28.2 Å². The molecular weight excluding hydrogens is 352 g/mol. The minimum absolute atomic E-state index is 0.193. The normalized spacial score (nSPS) is 11.4. The number of carbonyl (C=O) groups excluding carboxylic acids is 1. The molecule has 28 heavy (non-hydrogen) atoms. The molecule has 3 aromatic rings. The zero-order chi connectivity index (χ0) is 19.8. The Morgan fingerprint density at radius 1 is 0.786 bits per heavy atom. The first-order valence-corrected chi connectivity index (χ1v) is 8.71. The second-order valence-corrected chi connectivity index (χ2v) is 5.84. The summed E-state index contributed by atoms with van der Waals surface area (Å²) in [6.45, 7) is 0. The van der Waals surface area contributed by atoms with Crippen LogP contribution in [-0.2, 0) is 0 Å². The van der Waals surface area contributed by atoms with E-state index in [-0.39, 0.29) is 11.5 Å². The highest BCUT2D eigenvalue weighted by molar-refractivity contribution is 6.51. The van der Waals surface area contributed by atoms with Gasteiger partial charge in [0.15, 0.2) is 11.5 Å². The van der Waals surface area contributed by atoms with Gasteiger partial charge in [-0.25, -0.2) is 0 Å². The molecule has 0 aliphatic rings. The number of ether oxygens (including phenoxy) is 2. The third-order valence-electron chi connectivity index (χ3n) is 4.09. The number of rotatable bonds is 7. The van der Waals surface area contributed by atoms with Gasteiger partial charge in [0.25, 0.3) is 0 Å². The maximum absolute atomic E-state index is 13.0. The number of hydrogen-bond acceptors (Lipinski definition) is 5. The monoisotopic (exact) mass is 372 g/mol. The van der Waals surface area contributed by atoms with E-state index in [0.717, 1.165) is 0 Å². The van der Waals surface area contributed by atoms with Crippen LogP contribution in [0.5, 0.6) is 11.5 Å². The zero-order valence-electron chi connectivity index (χ0n) is 15.7. The molecule has 0 radical (unpaired) electrons. The number of nitrogens with zero attached hydrogens (tertiary/aromatic N) is 2. The summed E-state index contributed by atoms with van der Waals surface area (Å²) in [4.78, 5) is 13.0. The highest BCUT2D eigenvalue weighted by Crippen LogP contribution is 2.29. The molecule has 0 N–H and O–H groups in total. The summed E-state index contributed by atoms with van der Waals surface area (Å²) in [5.74, 6) is 0.959. The fourth-order valence-corrected chi connectivity index (χ4v) is 2.72. The molecule has 0 unspecified atom stereocenters. The number of para-hydroxylation sites is 1.